The minimum Gasteiger partial charge on any atom is -0.488 e. The maximum absolute atomic E-state index is 9.37. The van der Waals surface area contributed by atoms with Crippen molar-refractivity contribution < 1.29 is 9.84 Å². The van der Waals surface area contributed by atoms with Crippen LogP contribution in [0.5, 0.6) is 5.75 Å². The van der Waals surface area contributed by atoms with Crippen LogP contribution in [0, 0.1) is 0 Å². The molecule has 2 heteroatoms. The molecule has 0 amide bonds. The van der Waals surface area contributed by atoms with Gasteiger partial charge >= 0.3 is 0 Å². The van der Waals surface area contributed by atoms with Crippen LogP contribution in [-0.2, 0) is 13.2 Å². The Hall–Kier alpha value is -2.58. The summed E-state index contributed by atoms with van der Waals surface area (Å²) in [6.07, 6.45) is 0. The van der Waals surface area contributed by atoms with Crippen LogP contribution in [0.1, 0.15) is 11.1 Å². The van der Waals surface area contributed by atoms with Gasteiger partial charge in [0, 0.05) is 5.56 Å². The maximum Gasteiger partial charge on any atom is 0.127 e. The third kappa shape index (κ3) is 3.35. The van der Waals surface area contributed by atoms with Crippen molar-refractivity contribution in [3.05, 3.63) is 90.0 Å². The quantitative estimate of drug-likeness (QED) is 0.753. The first kappa shape index (κ1) is 14.4. The Morgan fingerprint density at radius 1 is 0.727 bits per heavy atom. The molecule has 0 spiro atoms. The predicted molar refractivity (Wildman–Crippen MR) is 88.6 cm³/mol. The van der Waals surface area contributed by atoms with Gasteiger partial charge in [0.25, 0.3) is 0 Å². The molecule has 3 aromatic rings. The summed E-state index contributed by atoms with van der Waals surface area (Å²) in [4.78, 5) is 0. The van der Waals surface area contributed by atoms with Gasteiger partial charge in [-0.25, -0.2) is 0 Å². The Labute approximate surface area is 130 Å². The minimum absolute atomic E-state index is 0.0266. The Bertz CT molecular complexity index is 721. The highest BCUT2D eigenvalue weighted by atomic mass is 16.5. The van der Waals surface area contributed by atoms with E-state index in [9.17, 15) is 5.11 Å². The van der Waals surface area contributed by atoms with E-state index < -0.39 is 0 Å². The molecular formula is C20H18O2. The second-order valence-corrected chi connectivity index (χ2v) is 5.13. The molecule has 0 unspecified atom stereocenters. The van der Waals surface area contributed by atoms with Crippen molar-refractivity contribution in [1.82, 2.24) is 0 Å². The van der Waals surface area contributed by atoms with Crippen LogP contribution < -0.4 is 4.74 Å². The van der Waals surface area contributed by atoms with Crippen molar-refractivity contribution >= 4 is 0 Å². The highest BCUT2D eigenvalue weighted by Crippen LogP contribution is 2.31. The summed E-state index contributed by atoms with van der Waals surface area (Å²) in [5, 5.41) is 9.37. The molecule has 0 saturated heterocycles. The average Bonchev–Trinajstić information content (AvgIpc) is 2.61. The van der Waals surface area contributed by atoms with E-state index >= 15 is 0 Å². The monoisotopic (exact) mass is 290 g/mol. The molecule has 1 N–H and O–H groups in total. The van der Waals surface area contributed by atoms with Crippen molar-refractivity contribution in [2.24, 2.45) is 0 Å². The van der Waals surface area contributed by atoms with Gasteiger partial charge in [-0.05, 0) is 28.8 Å². The third-order valence-corrected chi connectivity index (χ3v) is 3.55. The van der Waals surface area contributed by atoms with Crippen molar-refractivity contribution in [2.45, 2.75) is 13.2 Å². The lowest BCUT2D eigenvalue weighted by molar-refractivity contribution is 0.281. The molecule has 110 valence electrons. The first-order valence-corrected chi connectivity index (χ1v) is 7.33. The van der Waals surface area contributed by atoms with Crippen molar-refractivity contribution in [1.29, 1.82) is 0 Å². The summed E-state index contributed by atoms with van der Waals surface area (Å²) in [7, 11) is 0. The lowest BCUT2D eigenvalue weighted by Crippen LogP contribution is -1.98. The van der Waals surface area contributed by atoms with Crippen LogP contribution in [0.15, 0.2) is 78.9 Å². The lowest BCUT2D eigenvalue weighted by Gasteiger charge is -2.13. The van der Waals surface area contributed by atoms with Gasteiger partial charge in [-0.1, -0.05) is 66.7 Å². The smallest absolute Gasteiger partial charge is 0.127 e. The molecule has 0 atom stereocenters. The summed E-state index contributed by atoms with van der Waals surface area (Å²) < 4.78 is 6.00. The zero-order valence-corrected chi connectivity index (χ0v) is 12.3. The third-order valence-electron chi connectivity index (χ3n) is 3.55. The Morgan fingerprint density at radius 2 is 1.41 bits per heavy atom. The molecule has 0 aromatic heterocycles. The summed E-state index contributed by atoms with van der Waals surface area (Å²) >= 11 is 0. The van der Waals surface area contributed by atoms with Gasteiger partial charge in [0.15, 0.2) is 0 Å². The van der Waals surface area contributed by atoms with Crippen LogP contribution in [0.3, 0.4) is 0 Å². The zero-order valence-electron chi connectivity index (χ0n) is 12.3. The molecule has 0 heterocycles. The van der Waals surface area contributed by atoms with Crippen LogP contribution in [0.2, 0.25) is 0 Å². The highest BCUT2D eigenvalue weighted by Gasteiger charge is 2.08. The van der Waals surface area contributed by atoms with E-state index in [4.69, 9.17) is 4.74 Å². The SMILES string of the molecule is OCc1ccc(OCc2ccccc2)c(-c2ccccc2)c1. The van der Waals surface area contributed by atoms with Crippen LogP contribution >= 0.6 is 0 Å². The molecule has 0 aliphatic rings. The Morgan fingerprint density at radius 3 is 2.09 bits per heavy atom. The Balaban J connectivity index is 1.90. The molecule has 3 aromatic carbocycles. The number of rotatable bonds is 5. The van der Waals surface area contributed by atoms with Gasteiger partial charge in [-0.2, -0.15) is 0 Å². The molecule has 0 saturated carbocycles. The first-order chi connectivity index (χ1) is 10.9. The molecule has 3 rings (SSSR count). The van der Waals surface area contributed by atoms with E-state index in [1.54, 1.807) is 0 Å². The number of aliphatic hydroxyl groups is 1. The molecule has 2 nitrogen and oxygen atoms in total. The number of aliphatic hydroxyl groups excluding tert-OH is 1. The van der Waals surface area contributed by atoms with E-state index in [-0.39, 0.29) is 6.61 Å². The highest BCUT2D eigenvalue weighted by molar-refractivity contribution is 5.71. The minimum atomic E-state index is 0.0266. The largest absolute Gasteiger partial charge is 0.488 e. The summed E-state index contributed by atoms with van der Waals surface area (Å²) in [5.74, 6) is 0.826. The predicted octanol–water partition coefficient (Wildman–Crippen LogP) is 4.42. The zero-order chi connectivity index (χ0) is 15.2. The van der Waals surface area contributed by atoms with E-state index in [2.05, 4.69) is 0 Å². The first-order valence-electron chi connectivity index (χ1n) is 7.33. The van der Waals surface area contributed by atoms with Crippen LogP contribution in [0.4, 0.5) is 0 Å². The fraction of sp³-hybridized carbons (Fsp3) is 0.100. The van der Waals surface area contributed by atoms with Gasteiger partial charge in [0.1, 0.15) is 12.4 Å². The summed E-state index contributed by atoms with van der Waals surface area (Å²) in [6, 6.07) is 26.0. The molecule has 0 bridgehead atoms. The number of hydrogen-bond donors (Lipinski definition) is 1. The Kier molecular flexibility index (Phi) is 4.52. The lowest BCUT2D eigenvalue weighted by atomic mass is 10.0. The van der Waals surface area contributed by atoms with E-state index in [1.807, 2.05) is 78.9 Å². The van der Waals surface area contributed by atoms with Crippen molar-refractivity contribution in [3.63, 3.8) is 0 Å². The van der Waals surface area contributed by atoms with Gasteiger partial charge < -0.3 is 9.84 Å². The molecule has 0 radical (unpaired) electrons. The van der Waals surface area contributed by atoms with Crippen molar-refractivity contribution in [3.8, 4) is 16.9 Å². The molecule has 0 aliphatic heterocycles. The second kappa shape index (κ2) is 6.92. The molecular weight excluding hydrogens is 272 g/mol. The normalized spacial score (nSPS) is 10.4. The van der Waals surface area contributed by atoms with Gasteiger partial charge in [-0.15, -0.1) is 0 Å². The number of benzene rings is 3. The van der Waals surface area contributed by atoms with Crippen LogP contribution in [-0.4, -0.2) is 5.11 Å². The fourth-order valence-corrected chi connectivity index (χ4v) is 2.38. The van der Waals surface area contributed by atoms with E-state index in [1.165, 1.54) is 0 Å². The van der Waals surface area contributed by atoms with Gasteiger partial charge in [0.2, 0.25) is 0 Å². The van der Waals surface area contributed by atoms with Gasteiger partial charge in [0.05, 0.1) is 6.61 Å². The topological polar surface area (TPSA) is 29.5 Å². The second-order valence-electron chi connectivity index (χ2n) is 5.13. The van der Waals surface area contributed by atoms with Crippen molar-refractivity contribution in [2.75, 3.05) is 0 Å². The summed E-state index contributed by atoms with van der Waals surface area (Å²) in [5.41, 5.74) is 4.10. The summed E-state index contributed by atoms with van der Waals surface area (Å²) in [6.45, 7) is 0.554. The standard InChI is InChI=1S/C20H18O2/c21-14-17-11-12-20(22-15-16-7-3-1-4-8-16)19(13-17)18-9-5-2-6-10-18/h1-13,21H,14-15H2. The maximum atomic E-state index is 9.37. The molecule has 0 aliphatic carbocycles. The number of hydrogen-bond acceptors (Lipinski definition) is 2. The molecule has 0 fully saturated rings. The van der Waals surface area contributed by atoms with E-state index in [0.29, 0.717) is 6.61 Å². The van der Waals surface area contributed by atoms with Gasteiger partial charge in [-0.3, -0.25) is 0 Å². The number of ether oxygens (including phenoxy) is 1. The molecule has 22 heavy (non-hydrogen) atoms. The average molecular weight is 290 g/mol. The van der Waals surface area contributed by atoms with Crippen LogP contribution in [0.25, 0.3) is 11.1 Å². The fourth-order valence-electron chi connectivity index (χ4n) is 2.38. The van der Waals surface area contributed by atoms with E-state index in [0.717, 1.165) is 28.0 Å².